The topological polar surface area (TPSA) is 110 Å². The number of rotatable bonds is 3. The zero-order valence-electron chi connectivity index (χ0n) is 10.5. The van der Waals surface area contributed by atoms with Gasteiger partial charge in [0.15, 0.2) is 0 Å². The maximum Gasteiger partial charge on any atom is 0.326 e. The average molecular weight is 273 g/mol. The monoisotopic (exact) mass is 273 g/mol. The van der Waals surface area contributed by atoms with Crippen molar-refractivity contribution < 1.29 is 9.72 Å². The van der Waals surface area contributed by atoms with Crippen molar-refractivity contribution in [2.45, 2.75) is 6.92 Å². The molecule has 1 aromatic carbocycles. The molecule has 20 heavy (non-hydrogen) atoms. The van der Waals surface area contributed by atoms with Crippen molar-refractivity contribution in [1.82, 2.24) is 9.97 Å². The predicted molar refractivity (Wildman–Crippen MR) is 72.5 cm³/mol. The summed E-state index contributed by atoms with van der Waals surface area (Å²) in [6, 6.07) is 5.47. The molecule has 2 rings (SSSR count). The van der Waals surface area contributed by atoms with Crippen molar-refractivity contribution in [1.29, 1.82) is 0 Å². The van der Waals surface area contributed by atoms with Gasteiger partial charge in [-0.25, -0.2) is 14.8 Å². The second-order valence-electron chi connectivity index (χ2n) is 3.91. The van der Waals surface area contributed by atoms with Gasteiger partial charge in [-0.05, 0) is 19.1 Å². The van der Waals surface area contributed by atoms with E-state index in [9.17, 15) is 14.9 Å². The van der Waals surface area contributed by atoms with E-state index in [1.165, 1.54) is 18.5 Å². The summed E-state index contributed by atoms with van der Waals surface area (Å²) in [7, 11) is 0. The Morgan fingerprint density at radius 1 is 1.25 bits per heavy atom. The average Bonchev–Trinajstić information content (AvgIpc) is 2.41. The first-order valence-corrected chi connectivity index (χ1v) is 5.66. The molecule has 0 bridgehead atoms. The summed E-state index contributed by atoms with van der Waals surface area (Å²) in [6.07, 6.45) is 2.97. The fraction of sp³-hybridized carbons (Fsp3) is 0.0833. The Morgan fingerprint density at radius 3 is 2.60 bits per heavy atom. The number of nitro groups is 1. The van der Waals surface area contributed by atoms with Gasteiger partial charge in [0.1, 0.15) is 0 Å². The number of anilines is 2. The SMILES string of the molecule is Cc1ccc(NC(=O)Nc2ncccn2)cc1[N+](=O)[O-]. The van der Waals surface area contributed by atoms with Crippen LogP contribution in [0, 0.1) is 17.0 Å². The number of hydrogen-bond acceptors (Lipinski definition) is 5. The number of urea groups is 1. The van der Waals surface area contributed by atoms with Gasteiger partial charge in [0, 0.05) is 29.7 Å². The van der Waals surface area contributed by atoms with E-state index in [1.54, 1.807) is 25.1 Å². The van der Waals surface area contributed by atoms with Crippen LogP contribution in [0.1, 0.15) is 5.56 Å². The number of aryl methyl sites for hydroxylation is 1. The molecule has 2 N–H and O–H groups in total. The minimum absolute atomic E-state index is 0.0567. The van der Waals surface area contributed by atoms with Crippen LogP contribution < -0.4 is 10.6 Å². The van der Waals surface area contributed by atoms with Crippen LogP contribution in [-0.2, 0) is 0 Å². The van der Waals surface area contributed by atoms with Crippen molar-refractivity contribution in [2.24, 2.45) is 0 Å². The Labute approximate surface area is 114 Å². The van der Waals surface area contributed by atoms with Gasteiger partial charge in [-0.3, -0.25) is 15.4 Å². The van der Waals surface area contributed by atoms with E-state index >= 15 is 0 Å². The molecule has 0 unspecified atom stereocenters. The van der Waals surface area contributed by atoms with Crippen LogP contribution in [0.15, 0.2) is 36.7 Å². The van der Waals surface area contributed by atoms with Crippen molar-refractivity contribution >= 4 is 23.4 Å². The highest BCUT2D eigenvalue weighted by Gasteiger charge is 2.12. The molecule has 2 amide bonds. The van der Waals surface area contributed by atoms with E-state index in [0.29, 0.717) is 11.3 Å². The minimum atomic E-state index is -0.575. The molecule has 0 fully saturated rings. The molecular formula is C12H11N5O3. The van der Waals surface area contributed by atoms with Gasteiger partial charge in [-0.1, -0.05) is 6.07 Å². The van der Waals surface area contributed by atoms with Gasteiger partial charge in [0.05, 0.1) is 4.92 Å². The van der Waals surface area contributed by atoms with Crippen LogP contribution in [0.4, 0.5) is 22.1 Å². The van der Waals surface area contributed by atoms with E-state index in [0.717, 1.165) is 0 Å². The zero-order chi connectivity index (χ0) is 14.5. The van der Waals surface area contributed by atoms with Crippen LogP contribution in [0.5, 0.6) is 0 Å². The molecular weight excluding hydrogens is 262 g/mol. The summed E-state index contributed by atoms with van der Waals surface area (Å²) in [5, 5.41) is 15.7. The summed E-state index contributed by atoms with van der Waals surface area (Å²) in [5.41, 5.74) is 0.779. The molecule has 0 atom stereocenters. The maximum absolute atomic E-state index is 11.7. The number of carbonyl (C=O) groups excluding carboxylic acids is 1. The van der Waals surface area contributed by atoms with E-state index < -0.39 is 11.0 Å². The van der Waals surface area contributed by atoms with Gasteiger partial charge >= 0.3 is 6.03 Å². The lowest BCUT2D eigenvalue weighted by Gasteiger charge is -2.06. The Bertz CT molecular complexity index is 645. The lowest BCUT2D eigenvalue weighted by atomic mass is 10.2. The molecule has 8 heteroatoms. The fourth-order valence-electron chi connectivity index (χ4n) is 1.51. The molecule has 102 valence electrons. The third kappa shape index (κ3) is 3.25. The lowest BCUT2D eigenvalue weighted by Crippen LogP contribution is -2.20. The Balaban J connectivity index is 2.08. The molecule has 0 aliphatic rings. The van der Waals surface area contributed by atoms with E-state index in [-0.39, 0.29) is 11.6 Å². The second kappa shape index (κ2) is 5.74. The standard InChI is InChI=1S/C12H11N5O3/c1-8-3-4-9(7-10(8)17(19)20)15-12(18)16-11-13-5-2-6-14-11/h2-7H,1H3,(H2,13,14,15,16,18). The lowest BCUT2D eigenvalue weighted by molar-refractivity contribution is -0.385. The Hall–Kier alpha value is -3.03. The number of benzene rings is 1. The molecule has 2 aromatic rings. The smallest absolute Gasteiger partial charge is 0.307 e. The van der Waals surface area contributed by atoms with Crippen LogP contribution in [0.2, 0.25) is 0 Å². The number of amides is 2. The number of hydrogen-bond donors (Lipinski definition) is 2. The summed E-state index contributed by atoms with van der Waals surface area (Å²) >= 11 is 0. The van der Waals surface area contributed by atoms with Gasteiger partial charge in [0.2, 0.25) is 5.95 Å². The molecule has 0 aliphatic heterocycles. The zero-order valence-corrected chi connectivity index (χ0v) is 10.5. The summed E-state index contributed by atoms with van der Waals surface area (Å²) in [4.78, 5) is 29.6. The first-order chi connectivity index (χ1) is 9.56. The summed E-state index contributed by atoms with van der Waals surface area (Å²) in [5.74, 6) is 0.145. The van der Waals surface area contributed by atoms with Gasteiger partial charge < -0.3 is 5.32 Å². The number of nitro benzene ring substituents is 1. The molecule has 1 heterocycles. The van der Waals surface area contributed by atoms with Crippen LogP contribution in [0.3, 0.4) is 0 Å². The third-order valence-corrected chi connectivity index (χ3v) is 2.45. The third-order valence-electron chi connectivity index (χ3n) is 2.45. The highest BCUT2D eigenvalue weighted by atomic mass is 16.6. The molecule has 8 nitrogen and oxygen atoms in total. The number of nitrogens with zero attached hydrogens (tertiary/aromatic N) is 3. The van der Waals surface area contributed by atoms with Crippen molar-refractivity contribution in [3.63, 3.8) is 0 Å². The van der Waals surface area contributed by atoms with Crippen molar-refractivity contribution in [3.8, 4) is 0 Å². The Morgan fingerprint density at radius 2 is 1.95 bits per heavy atom. The molecule has 0 aliphatic carbocycles. The molecule has 0 saturated carbocycles. The van der Waals surface area contributed by atoms with Crippen LogP contribution in [0.25, 0.3) is 0 Å². The van der Waals surface area contributed by atoms with Crippen molar-refractivity contribution in [2.75, 3.05) is 10.6 Å². The van der Waals surface area contributed by atoms with Crippen LogP contribution >= 0.6 is 0 Å². The molecule has 0 radical (unpaired) electrons. The van der Waals surface area contributed by atoms with Gasteiger partial charge in [-0.2, -0.15) is 0 Å². The van der Waals surface area contributed by atoms with E-state index in [4.69, 9.17) is 0 Å². The fourth-order valence-corrected chi connectivity index (χ4v) is 1.51. The van der Waals surface area contributed by atoms with Crippen molar-refractivity contribution in [3.05, 3.63) is 52.3 Å². The summed E-state index contributed by atoms with van der Waals surface area (Å²) < 4.78 is 0. The first kappa shape index (κ1) is 13.4. The summed E-state index contributed by atoms with van der Waals surface area (Å²) in [6.45, 7) is 1.62. The number of aromatic nitrogens is 2. The normalized spacial score (nSPS) is 9.85. The van der Waals surface area contributed by atoms with Crippen LogP contribution in [-0.4, -0.2) is 20.9 Å². The molecule has 0 saturated heterocycles. The molecule has 1 aromatic heterocycles. The highest BCUT2D eigenvalue weighted by Crippen LogP contribution is 2.22. The second-order valence-corrected chi connectivity index (χ2v) is 3.91. The minimum Gasteiger partial charge on any atom is -0.307 e. The largest absolute Gasteiger partial charge is 0.326 e. The Kier molecular flexibility index (Phi) is 3.85. The van der Waals surface area contributed by atoms with E-state index in [2.05, 4.69) is 20.6 Å². The highest BCUT2D eigenvalue weighted by molar-refractivity contribution is 5.98. The van der Waals surface area contributed by atoms with Gasteiger partial charge in [-0.15, -0.1) is 0 Å². The first-order valence-electron chi connectivity index (χ1n) is 5.66. The predicted octanol–water partition coefficient (Wildman–Crippen LogP) is 2.34. The molecule has 0 spiro atoms. The maximum atomic E-state index is 11.7. The number of carbonyl (C=O) groups is 1. The quantitative estimate of drug-likeness (QED) is 0.658. The van der Waals surface area contributed by atoms with Gasteiger partial charge in [0.25, 0.3) is 5.69 Å². The van der Waals surface area contributed by atoms with E-state index in [1.807, 2.05) is 0 Å². The number of nitrogens with one attached hydrogen (secondary N) is 2.